The van der Waals surface area contributed by atoms with Gasteiger partial charge in [0.2, 0.25) is 0 Å². The van der Waals surface area contributed by atoms with Crippen molar-refractivity contribution in [2.75, 3.05) is 7.05 Å². The van der Waals surface area contributed by atoms with E-state index in [4.69, 9.17) is 5.41 Å². The Bertz CT molecular complexity index is 510. The lowest BCUT2D eigenvalue weighted by atomic mass is 10.2. The van der Waals surface area contributed by atoms with Crippen LogP contribution in [-0.2, 0) is 0 Å². The van der Waals surface area contributed by atoms with Gasteiger partial charge in [0.25, 0.3) is 0 Å². The van der Waals surface area contributed by atoms with Gasteiger partial charge in [0.1, 0.15) is 5.82 Å². The Morgan fingerprint density at radius 3 is 3.00 bits per heavy atom. The van der Waals surface area contributed by atoms with Crippen molar-refractivity contribution in [2.24, 2.45) is 0 Å². The normalized spacial score (nSPS) is 11.7. The van der Waals surface area contributed by atoms with Gasteiger partial charge in [-0.2, -0.15) is 5.10 Å². The Morgan fingerprint density at radius 2 is 2.27 bits per heavy atom. The molecule has 0 bridgehead atoms. The number of nitrogens with zero attached hydrogens (tertiary/aromatic N) is 2. The largest absolute Gasteiger partial charge is 0.373 e. The molecule has 0 aliphatic heterocycles. The van der Waals surface area contributed by atoms with Crippen molar-refractivity contribution < 1.29 is 0 Å². The molecule has 0 unspecified atom stereocenters. The highest BCUT2D eigenvalue weighted by Crippen LogP contribution is 2.15. The summed E-state index contributed by atoms with van der Waals surface area (Å²) in [6.45, 7) is 0. The predicted molar refractivity (Wildman–Crippen MR) is 61.8 cm³/mol. The zero-order chi connectivity index (χ0) is 10.7. The van der Waals surface area contributed by atoms with Gasteiger partial charge in [0, 0.05) is 18.6 Å². The van der Waals surface area contributed by atoms with Crippen molar-refractivity contribution in [1.82, 2.24) is 15.1 Å². The molecular weight excluding hydrogens is 188 g/mol. The van der Waals surface area contributed by atoms with Crippen molar-refractivity contribution >= 4 is 22.9 Å². The van der Waals surface area contributed by atoms with Crippen LogP contribution in [0.2, 0.25) is 0 Å². The van der Waals surface area contributed by atoms with E-state index < -0.39 is 0 Å². The van der Waals surface area contributed by atoms with E-state index in [1.54, 1.807) is 10.8 Å². The highest BCUT2D eigenvalue weighted by molar-refractivity contribution is 5.84. The third kappa shape index (κ3) is 1.61. The van der Waals surface area contributed by atoms with E-state index in [9.17, 15) is 0 Å². The molecule has 1 aromatic carbocycles. The van der Waals surface area contributed by atoms with E-state index in [0.717, 1.165) is 16.7 Å². The van der Waals surface area contributed by atoms with E-state index in [0.29, 0.717) is 0 Å². The molecule has 76 valence electrons. The second-order valence-electron chi connectivity index (χ2n) is 3.08. The zero-order valence-corrected chi connectivity index (χ0v) is 8.44. The number of para-hydroxylation sites is 1. The quantitative estimate of drug-likeness (QED) is 0.741. The molecule has 0 aliphatic carbocycles. The molecule has 0 spiro atoms. The molecule has 4 heteroatoms. The minimum absolute atomic E-state index is 0.784. The molecule has 2 aromatic rings. The summed E-state index contributed by atoms with van der Waals surface area (Å²) in [5.41, 5.74) is 1.03. The second-order valence-corrected chi connectivity index (χ2v) is 3.08. The molecule has 0 atom stereocenters. The number of hydrogen-bond donors (Lipinski definition) is 2. The number of fused-ring (bicyclic) bond motifs is 1. The molecule has 1 aromatic heterocycles. The van der Waals surface area contributed by atoms with E-state index in [1.165, 1.54) is 6.21 Å². The number of hydrogen-bond acceptors (Lipinski definition) is 3. The summed E-state index contributed by atoms with van der Waals surface area (Å²) in [5, 5.41) is 15.4. The summed E-state index contributed by atoms with van der Waals surface area (Å²) in [6.07, 6.45) is 4.71. The third-order valence-corrected chi connectivity index (χ3v) is 2.20. The van der Waals surface area contributed by atoms with Gasteiger partial charge >= 0.3 is 0 Å². The summed E-state index contributed by atoms with van der Waals surface area (Å²) < 4.78 is 1.78. The monoisotopic (exact) mass is 200 g/mol. The first kappa shape index (κ1) is 9.45. The Balaban J connectivity index is 2.61. The lowest BCUT2D eigenvalue weighted by Gasteiger charge is -2.06. The summed E-state index contributed by atoms with van der Waals surface area (Å²) >= 11 is 0. The van der Waals surface area contributed by atoms with Crippen molar-refractivity contribution in [3.05, 3.63) is 36.5 Å². The van der Waals surface area contributed by atoms with Crippen LogP contribution < -0.4 is 5.32 Å². The number of rotatable bonds is 3. The molecule has 2 rings (SSSR count). The molecule has 0 radical (unpaired) electrons. The predicted octanol–water partition coefficient (Wildman–Crippen LogP) is 1.70. The lowest BCUT2D eigenvalue weighted by Crippen LogP contribution is -2.13. The average Bonchev–Trinajstić information content (AvgIpc) is 2.70. The van der Waals surface area contributed by atoms with Crippen LogP contribution in [0.4, 0.5) is 0 Å². The van der Waals surface area contributed by atoms with E-state index in [1.807, 2.05) is 37.5 Å². The molecule has 1 heterocycles. The maximum atomic E-state index is 7.06. The van der Waals surface area contributed by atoms with Gasteiger partial charge in [-0.05, 0) is 12.1 Å². The van der Waals surface area contributed by atoms with E-state index in [2.05, 4.69) is 10.4 Å². The van der Waals surface area contributed by atoms with Crippen LogP contribution in [0.5, 0.6) is 0 Å². The maximum absolute atomic E-state index is 7.06. The zero-order valence-electron chi connectivity index (χ0n) is 8.44. The number of benzene rings is 1. The van der Waals surface area contributed by atoms with Crippen LogP contribution in [0.15, 0.2) is 36.5 Å². The molecule has 2 N–H and O–H groups in total. The summed E-state index contributed by atoms with van der Waals surface area (Å²) in [4.78, 5) is 0. The molecule has 0 fully saturated rings. The molecular formula is C11H12N4. The van der Waals surface area contributed by atoms with Crippen LogP contribution in [0.1, 0.15) is 0 Å². The maximum Gasteiger partial charge on any atom is 0.129 e. The Hall–Kier alpha value is -2.10. The smallest absolute Gasteiger partial charge is 0.129 e. The SMILES string of the molecule is CN/C(=C\C=N)n1ncc2ccccc21. The van der Waals surface area contributed by atoms with Crippen molar-refractivity contribution in [3.8, 4) is 0 Å². The lowest BCUT2D eigenvalue weighted by molar-refractivity contribution is 0.862. The van der Waals surface area contributed by atoms with Gasteiger partial charge in [0.15, 0.2) is 0 Å². The minimum atomic E-state index is 0.784. The molecule has 4 nitrogen and oxygen atoms in total. The Kier molecular flexibility index (Phi) is 2.49. The van der Waals surface area contributed by atoms with E-state index >= 15 is 0 Å². The highest BCUT2D eigenvalue weighted by Gasteiger charge is 2.03. The first-order chi connectivity index (χ1) is 7.36. The number of aromatic nitrogens is 2. The van der Waals surface area contributed by atoms with Crippen LogP contribution in [-0.4, -0.2) is 23.0 Å². The topological polar surface area (TPSA) is 53.7 Å². The fraction of sp³-hybridized carbons (Fsp3) is 0.0909. The van der Waals surface area contributed by atoms with Gasteiger partial charge < -0.3 is 10.7 Å². The molecule has 0 saturated carbocycles. The standard InChI is InChI=1S/C11H12N4/c1-13-11(6-7-12)15-10-5-3-2-4-9(10)8-14-15/h2-8,12-13H,1H3/b11-6+,12-7?. The van der Waals surface area contributed by atoms with Gasteiger partial charge in [-0.25, -0.2) is 4.68 Å². The second kappa shape index (κ2) is 3.96. The fourth-order valence-corrected chi connectivity index (χ4v) is 1.50. The van der Waals surface area contributed by atoms with E-state index in [-0.39, 0.29) is 0 Å². The molecule has 0 aliphatic rings. The van der Waals surface area contributed by atoms with Crippen molar-refractivity contribution in [2.45, 2.75) is 0 Å². The van der Waals surface area contributed by atoms with Crippen LogP contribution in [0, 0.1) is 5.41 Å². The van der Waals surface area contributed by atoms with Crippen molar-refractivity contribution in [3.63, 3.8) is 0 Å². The molecule has 15 heavy (non-hydrogen) atoms. The molecule has 0 amide bonds. The van der Waals surface area contributed by atoms with Crippen LogP contribution >= 0.6 is 0 Å². The van der Waals surface area contributed by atoms with Crippen molar-refractivity contribution in [1.29, 1.82) is 5.41 Å². The van der Waals surface area contributed by atoms with Gasteiger partial charge in [0.05, 0.1) is 11.7 Å². The first-order valence-electron chi connectivity index (χ1n) is 4.68. The van der Waals surface area contributed by atoms with Crippen LogP contribution in [0.3, 0.4) is 0 Å². The number of allylic oxidation sites excluding steroid dienone is 1. The highest BCUT2D eigenvalue weighted by atomic mass is 15.3. The van der Waals surface area contributed by atoms with Crippen LogP contribution in [0.25, 0.3) is 16.7 Å². The first-order valence-corrected chi connectivity index (χ1v) is 4.68. The number of nitrogens with one attached hydrogen (secondary N) is 2. The minimum Gasteiger partial charge on any atom is -0.373 e. The summed E-state index contributed by atoms with van der Waals surface area (Å²) in [7, 11) is 1.81. The van der Waals surface area contributed by atoms with Gasteiger partial charge in [-0.1, -0.05) is 18.2 Å². The fourth-order valence-electron chi connectivity index (χ4n) is 1.50. The molecule has 0 saturated heterocycles. The Morgan fingerprint density at radius 1 is 1.47 bits per heavy atom. The van der Waals surface area contributed by atoms with Gasteiger partial charge in [-0.3, -0.25) is 0 Å². The Labute approximate surface area is 87.7 Å². The average molecular weight is 200 g/mol. The van der Waals surface area contributed by atoms with Gasteiger partial charge in [-0.15, -0.1) is 0 Å². The third-order valence-electron chi connectivity index (χ3n) is 2.20. The summed E-state index contributed by atoms with van der Waals surface area (Å²) in [5.74, 6) is 0.784. The summed E-state index contributed by atoms with van der Waals surface area (Å²) in [6, 6.07) is 7.96.